The second-order valence-electron chi connectivity index (χ2n) is 9.18. The maximum Gasteiger partial charge on any atom is 0.337 e. The number of morpholine rings is 1. The molecule has 2 heterocycles. The van der Waals surface area contributed by atoms with E-state index in [0.29, 0.717) is 25.2 Å². The van der Waals surface area contributed by atoms with Crippen LogP contribution in [0.5, 0.6) is 0 Å². The standard InChI is InChI=1S/C27H36N4O4/c1-22-3-9-25(10-4-22)31(21-23-5-7-24(8-6-23)26(32)34-2)27(33)30-15-13-28(14-16-30)11-12-29-17-19-35-20-18-29/h3-10H,11-21H2,1-2H3. The lowest BCUT2D eigenvalue weighted by Gasteiger charge is -2.38. The monoisotopic (exact) mass is 480 g/mol. The lowest BCUT2D eigenvalue weighted by Crippen LogP contribution is -2.54. The summed E-state index contributed by atoms with van der Waals surface area (Å²) in [7, 11) is 1.37. The number of anilines is 1. The van der Waals surface area contributed by atoms with E-state index in [4.69, 9.17) is 9.47 Å². The molecule has 0 radical (unpaired) electrons. The van der Waals surface area contributed by atoms with E-state index in [2.05, 4.69) is 9.80 Å². The highest BCUT2D eigenvalue weighted by atomic mass is 16.5. The average molecular weight is 481 g/mol. The van der Waals surface area contributed by atoms with Crippen LogP contribution in [-0.4, -0.2) is 99.4 Å². The number of carbonyl (C=O) groups excluding carboxylic acids is 2. The van der Waals surface area contributed by atoms with Gasteiger partial charge in [0.25, 0.3) is 0 Å². The summed E-state index contributed by atoms with van der Waals surface area (Å²) < 4.78 is 10.2. The smallest absolute Gasteiger partial charge is 0.337 e. The first-order valence-corrected chi connectivity index (χ1v) is 12.4. The number of ether oxygens (including phenoxy) is 2. The summed E-state index contributed by atoms with van der Waals surface area (Å²) in [6.07, 6.45) is 0. The van der Waals surface area contributed by atoms with Crippen molar-refractivity contribution in [3.05, 3.63) is 65.2 Å². The molecule has 0 unspecified atom stereocenters. The number of amides is 2. The molecule has 2 aliphatic rings. The highest BCUT2D eigenvalue weighted by molar-refractivity contribution is 5.92. The van der Waals surface area contributed by atoms with Gasteiger partial charge in [0.1, 0.15) is 0 Å². The van der Waals surface area contributed by atoms with Crippen LogP contribution in [0.4, 0.5) is 10.5 Å². The number of nitrogens with zero attached hydrogens (tertiary/aromatic N) is 4. The minimum Gasteiger partial charge on any atom is -0.465 e. The largest absolute Gasteiger partial charge is 0.465 e. The summed E-state index contributed by atoms with van der Waals surface area (Å²) in [6.45, 7) is 11.4. The Balaban J connectivity index is 1.39. The van der Waals surface area contributed by atoms with Crippen molar-refractivity contribution in [3.8, 4) is 0 Å². The van der Waals surface area contributed by atoms with E-state index in [1.165, 1.54) is 7.11 Å². The van der Waals surface area contributed by atoms with Crippen LogP contribution in [0.3, 0.4) is 0 Å². The van der Waals surface area contributed by atoms with Crippen molar-refractivity contribution in [2.75, 3.05) is 77.6 Å². The van der Waals surface area contributed by atoms with Gasteiger partial charge in [0.2, 0.25) is 0 Å². The van der Waals surface area contributed by atoms with Crippen molar-refractivity contribution in [2.45, 2.75) is 13.5 Å². The van der Waals surface area contributed by atoms with Gasteiger partial charge in [-0.15, -0.1) is 0 Å². The van der Waals surface area contributed by atoms with Gasteiger partial charge in [-0.05, 0) is 36.8 Å². The zero-order chi connectivity index (χ0) is 24.6. The van der Waals surface area contributed by atoms with Crippen molar-refractivity contribution in [1.29, 1.82) is 0 Å². The highest BCUT2D eigenvalue weighted by Crippen LogP contribution is 2.21. The third-order valence-electron chi connectivity index (χ3n) is 6.77. The summed E-state index contributed by atoms with van der Waals surface area (Å²) in [6, 6.07) is 15.3. The number of piperazine rings is 1. The van der Waals surface area contributed by atoms with Gasteiger partial charge in [-0.3, -0.25) is 14.7 Å². The molecule has 2 amide bonds. The number of aryl methyl sites for hydroxylation is 1. The Morgan fingerprint density at radius 2 is 1.46 bits per heavy atom. The molecule has 0 spiro atoms. The molecule has 0 bridgehead atoms. The van der Waals surface area contributed by atoms with E-state index in [0.717, 1.165) is 69.3 Å². The maximum atomic E-state index is 13.7. The number of urea groups is 1. The number of carbonyl (C=O) groups is 2. The van der Waals surface area contributed by atoms with Gasteiger partial charge >= 0.3 is 12.0 Å². The van der Waals surface area contributed by atoms with Crippen LogP contribution in [0.15, 0.2) is 48.5 Å². The molecule has 0 saturated carbocycles. The summed E-state index contributed by atoms with van der Waals surface area (Å²) in [5.41, 5.74) is 3.47. The second-order valence-corrected chi connectivity index (χ2v) is 9.18. The zero-order valence-electron chi connectivity index (χ0n) is 20.8. The SMILES string of the molecule is COC(=O)c1ccc(CN(C(=O)N2CCN(CCN3CCOCC3)CC2)c2ccc(C)cc2)cc1. The fraction of sp³-hybridized carbons (Fsp3) is 0.481. The van der Waals surface area contributed by atoms with Gasteiger partial charge in [-0.2, -0.15) is 0 Å². The molecule has 35 heavy (non-hydrogen) atoms. The fourth-order valence-corrected chi connectivity index (χ4v) is 4.48. The van der Waals surface area contributed by atoms with Gasteiger partial charge in [0.05, 0.1) is 32.4 Å². The van der Waals surface area contributed by atoms with Crippen LogP contribution < -0.4 is 4.90 Å². The fourth-order valence-electron chi connectivity index (χ4n) is 4.48. The molecular weight excluding hydrogens is 444 g/mol. The van der Waals surface area contributed by atoms with E-state index < -0.39 is 0 Å². The van der Waals surface area contributed by atoms with E-state index in [1.807, 2.05) is 53.1 Å². The van der Waals surface area contributed by atoms with Gasteiger partial charge in [-0.25, -0.2) is 9.59 Å². The Morgan fingerprint density at radius 1 is 0.857 bits per heavy atom. The van der Waals surface area contributed by atoms with Gasteiger partial charge in [0, 0.05) is 58.0 Å². The summed E-state index contributed by atoms with van der Waals surface area (Å²) >= 11 is 0. The molecule has 2 aromatic rings. The minimum atomic E-state index is -0.366. The normalized spacial score (nSPS) is 17.3. The highest BCUT2D eigenvalue weighted by Gasteiger charge is 2.27. The number of hydrogen-bond donors (Lipinski definition) is 0. The number of rotatable bonds is 7. The molecule has 2 fully saturated rings. The number of methoxy groups -OCH3 is 1. The number of esters is 1. The Kier molecular flexibility index (Phi) is 8.74. The van der Waals surface area contributed by atoms with E-state index in [9.17, 15) is 9.59 Å². The van der Waals surface area contributed by atoms with Crippen LogP contribution in [0.2, 0.25) is 0 Å². The van der Waals surface area contributed by atoms with E-state index in [1.54, 1.807) is 12.1 Å². The maximum absolute atomic E-state index is 13.7. The lowest BCUT2D eigenvalue weighted by atomic mass is 10.1. The molecule has 0 aliphatic carbocycles. The van der Waals surface area contributed by atoms with Crippen LogP contribution >= 0.6 is 0 Å². The van der Waals surface area contributed by atoms with E-state index >= 15 is 0 Å². The van der Waals surface area contributed by atoms with Crippen molar-refractivity contribution >= 4 is 17.7 Å². The first-order chi connectivity index (χ1) is 17.0. The first-order valence-electron chi connectivity index (χ1n) is 12.4. The summed E-state index contributed by atoms with van der Waals surface area (Å²) in [4.78, 5) is 34.1. The second kappa shape index (κ2) is 12.2. The Bertz CT molecular complexity index is 966. The molecule has 4 rings (SSSR count). The molecule has 188 valence electrons. The molecule has 0 atom stereocenters. The van der Waals surface area contributed by atoms with E-state index in [-0.39, 0.29) is 12.0 Å². The van der Waals surface area contributed by atoms with Crippen molar-refractivity contribution in [3.63, 3.8) is 0 Å². The van der Waals surface area contributed by atoms with Crippen LogP contribution in [0.25, 0.3) is 0 Å². The third kappa shape index (κ3) is 6.81. The number of benzene rings is 2. The molecule has 0 N–H and O–H groups in total. The molecular formula is C27H36N4O4. The van der Waals surface area contributed by atoms with Crippen molar-refractivity contribution in [1.82, 2.24) is 14.7 Å². The average Bonchev–Trinajstić information content (AvgIpc) is 2.91. The Labute approximate surface area is 208 Å². The van der Waals surface area contributed by atoms with Crippen molar-refractivity contribution < 1.29 is 19.1 Å². The lowest BCUT2D eigenvalue weighted by molar-refractivity contribution is 0.0310. The van der Waals surface area contributed by atoms with Gasteiger partial charge in [0.15, 0.2) is 0 Å². The quantitative estimate of drug-likeness (QED) is 0.568. The van der Waals surface area contributed by atoms with Crippen molar-refractivity contribution in [2.24, 2.45) is 0 Å². The predicted molar refractivity (Wildman–Crippen MR) is 136 cm³/mol. The van der Waals surface area contributed by atoms with Crippen LogP contribution in [0, 0.1) is 6.92 Å². The molecule has 0 aromatic heterocycles. The van der Waals surface area contributed by atoms with Crippen LogP contribution in [0.1, 0.15) is 21.5 Å². The first kappa shape index (κ1) is 25.2. The van der Waals surface area contributed by atoms with Crippen LogP contribution in [-0.2, 0) is 16.0 Å². The molecule has 2 aromatic carbocycles. The predicted octanol–water partition coefficient (Wildman–Crippen LogP) is 2.86. The Hall–Kier alpha value is -2.94. The zero-order valence-corrected chi connectivity index (χ0v) is 20.8. The van der Waals surface area contributed by atoms with Gasteiger partial charge < -0.3 is 14.4 Å². The summed E-state index contributed by atoms with van der Waals surface area (Å²) in [5, 5.41) is 0. The minimum absolute atomic E-state index is 0.0127. The summed E-state index contributed by atoms with van der Waals surface area (Å²) in [5.74, 6) is -0.366. The molecule has 8 nitrogen and oxygen atoms in total. The van der Waals surface area contributed by atoms with Gasteiger partial charge in [-0.1, -0.05) is 29.8 Å². The Morgan fingerprint density at radius 3 is 2.06 bits per heavy atom. The molecule has 2 aliphatic heterocycles. The number of hydrogen-bond acceptors (Lipinski definition) is 6. The topological polar surface area (TPSA) is 65.6 Å². The third-order valence-corrected chi connectivity index (χ3v) is 6.77. The molecule has 2 saturated heterocycles. The molecule has 8 heteroatoms.